The lowest BCUT2D eigenvalue weighted by Crippen LogP contribution is -1.92. The van der Waals surface area contributed by atoms with Crippen LogP contribution in [0.5, 0.6) is 0 Å². The quantitative estimate of drug-likeness (QED) is 0.503. The zero-order valence-electron chi connectivity index (χ0n) is 5.91. The summed E-state index contributed by atoms with van der Waals surface area (Å²) in [6.45, 7) is 0. The van der Waals surface area contributed by atoms with Gasteiger partial charge in [0.25, 0.3) is 0 Å². The molecule has 0 N–H and O–H groups in total. The largest absolute Gasteiger partial charge is 0.161 e. The minimum absolute atomic E-state index is 0. The van der Waals surface area contributed by atoms with Gasteiger partial charge in [-0.25, -0.2) is 0 Å². The van der Waals surface area contributed by atoms with Crippen molar-refractivity contribution in [3.8, 4) is 0 Å². The van der Waals surface area contributed by atoms with Crippen molar-refractivity contribution < 1.29 is 0 Å². The Balaban J connectivity index is 0.000000605. The summed E-state index contributed by atoms with van der Waals surface area (Å²) in [7, 11) is 0. The van der Waals surface area contributed by atoms with Gasteiger partial charge in [0.05, 0.1) is 0 Å². The van der Waals surface area contributed by atoms with E-state index >= 15 is 0 Å². The minimum atomic E-state index is 0. The molecule has 0 aromatic rings. The maximum atomic E-state index is 2.16. The summed E-state index contributed by atoms with van der Waals surface area (Å²) in [5.74, 6) is 5.71. The standard InChI is InChI=1S/C7H12S3.CH4/c1(6-4-9-6)2-8-3-7-5-10-7;/h6-7H,1-5H2;1H4. The van der Waals surface area contributed by atoms with E-state index in [2.05, 4.69) is 35.3 Å². The number of rotatable bonds is 5. The predicted octanol–water partition coefficient (Wildman–Crippen LogP) is 2.98. The fourth-order valence-corrected chi connectivity index (χ4v) is 3.64. The maximum absolute atomic E-state index is 2.16. The van der Waals surface area contributed by atoms with E-state index in [1.807, 2.05) is 0 Å². The second-order valence-corrected chi connectivity index (χ2v) is 6.59. The fraction of sp³-hybridized carbons (Fsp3) is 1.00. The molecule has 0 saturated carbocycles. The molecule has 2 rings (SSSR count). The Hall–Kier alpha value is 1.05. The Morgan fingerprint density at radius 2 is 1.82 bits per heavy atom. The Kier molecular flexibility index (Phi) is 4.54. The summed E-state index contributed by atoms with van der Waals surface area (Å²) >= 11 is 6.40. The highest BCUT2D eigenvalue weighted by Gasteiger charge is 2.24. The number of hydrogen-bond donors (Lipinski definition) is 0. The van der Waals surface area contributed by atoms with Gasteiger partial charge in [0.1, 0.15) is 0 Å². The lowest BCUT2D eigenvalue weighted by Gasteiger charge is -1.95. The minimum Gasteiger partial charge on any atom is -0.161 e. The van der Waals surface area contributed by atoms with Crippen molar-refractivity contribution in [1.82, 2.24) is 0 Å². The summed E-state index contributed by atoms with van der Waals surface area (Å²) < 4.78 is 0. The van der Waals surface area contributed by atoms with Gasteiger partial charge in [0.15, 0.2) is 0 Å². The van der Waals surface area contributed by atoms with E-state index in [1.54, 1.807) is 0 Å². The topological polar surface area (TPSA) is 0 Å². The molecule has 0 amide bonds. The third kappa shape index (κ3) is 4.58. The molecule has 2 unspecified atom stereocenters. The molecule has 2 atom stereocenters. The first kappa shape index (κ1) is 10.1. The van der Waals surface area contributed by atoms with Gasteiger partial charge in [-0.15, -0.1) is 0 Å². The Morgan fingerprint density at radius 1 is 1.18 bits per heavy atom. The molecule has 2 saturated heterocycles. The van der Waals surface area contributed by atoms with Gasteiger partial charge in [-0.2, -0.15) is 35.3 Å². The molecule has 0 spiro atoms. The van der Waals surface area contributed by atoms with Crippen LogP contribution in [0.15, 0.2) is 0 Å². The van der Waals surface area contributed by atoms with Crippen LogP contribution in [-0.4, -0.2) is 33.5 Å². The number of hydrogen-bond acceptors (Lipinski definition) is 3. The van der Waals surface area contributed by atoms with Crippen LogP contribution in [0.25, 0.3) is 0 Å². The summed E-state index contributed by atoms with van der Waals surface area (Å²) in [4.78, 5) is 0. The van der Waals surface area contributed by atoms with Crippen LogP contribution in [0, 0.1) is 0 Å². The monoisotopic (exact) mass is 208 g/mol. The van der Waals surface area contributed by atoms with E-state index in [4.69, 9.17) is 0 Å². The first-order chi connectivity index (χ1) is 4.95. The lowest BCUT2D eigenvalue weighted by atomic mass is 10.4. The molecule has 0 nitrogen and oxygen atoms in total. The van der Waals surface area contributed by atoms with Crippen LogP contribution >= 0.6 is 35.3 Å². The molecule has 0 aromatic heterocycles. The van der Waals surface area contributed by atoms with Gasteiger partial charge in [-0.3, -0.25) is 0 Å². The average molecular weight is 208 g/mol. The smallest absolute Gasteiger partial charge is 0.0229 e. The molecular formula is C8H16S3. The number of thioether (sulfide) groups is 3. The van der Waals surface area contributed by atoms with Crippen molar-refractivity contribution in [2.24, 2.45) is 0 Å². The van der Waals surface area contributed by atoms with Crippen LogP contribution in [0.2, 0.25) is 0 Å². The van der Waals surface area contributed by atoms with Gasteiger partial charge in [0, 0.05) is 27.8 Å². The third-order valence-corrected chi connectivity index (χ3v) is 5.08. The lowest BCUT2D eigenvalue weighted by molar-refractivity contribution is 0.993. The summed E-state index contributed by atoms with van der Waals surface area (Å²) in [5.41, 5.74) is 0. The molecule has 2 aliphatic heterocycles. The first-order valence-electron chi connectivity index (χ1n) is 3.76. The fourth-order valence-electron chi connectivity index (χ4n) is 0.829. The molecule has 66 valence electrons. The molecule has 11 heavy (non-hydrogen) atoms. The summed E-state index contributed by atoms with van der Waals surface area (Å²) in [6.07, 6.45) is 1.46. The molecule has 2 fully saturated rings. The highest BCUT2D eigenvalue weighted by molar-refractivity contribution is 8.09. The molecule has 2 aliphatic rings. The molecule has 0 radical (unpaired) electrons. The van der Waals surface area contributed by atoms with Crippen LogP contribution in [0.3, 0.4) is 0 Å². The zero-order valence-corrected chi connectivity index (χ0v) is 8.36. The van der Waals surface area contributed by atoms with Crippen molar-refractivity contribution in [1.29, 1.82) is 0 Å². The van der Waals surface area contributed by atoms with Gasteiger partial charge in [-0.1, -0.05) is 7.43 Å². The molecule has 0 bridgehead atoms. The van der Waals surface area contributed by atoms with Crippen LogP contribution in [0.1, 0.15) is 13.8 Å². The van der Waals surface area contributed by atoms with E-state index in [0.717, 1.165) is 10.5 Å². The highest BCUT2D eigenvalue weighted by Crippen LogP contribution is 2.36. The maximum Gasteiger partial charge on any atom is 0.0229 e. The second-order valence-electron chi connectivity index (χ2n) is 2.77. The summed E-state index contributed by atoms with van der Waals surface area (Å²) in [6, 6.07) is 0. The molecule has 0 aliphatic carbocycles. The van der Waals surface area contributed by atoms with Crippen molar-refractivity contribution >= 4 is 35.3 Å². The third-order valence-electron chi connectivity index (χ3n) is 1.69. The highest BCUT2D eigenvalue weighted by atomic mass is 32.2. The van der Waals surface area contributed by atoms with Crippen molar-refractivity contribution in [2.45, 2.75) is 24.3 Å². The van der Waals surface area contributed by atoms with Crippen molar-refractivity contribution in [3.63, 3.8) is 0 Å². The molecular weight excluding hydrogens is 192 g/mol. The van der Waals surface area contributed by atoms with Crippen molar-refractivity contribution in [2.75, 3.05) is 23.0 Å². The van der Waals surface area contributed by atoms with Crippen LogP contribution in [-0.2, 0) is 0 Å². The summed E-state index contributed by atoms with van der Waals surface area (Å²) in [5, 5.41) is 2.09. The first-order valence-corrected chi connectivity index (χ1v) is 7.01. The van der Waals surface area contributed by atoms with E-state index in [-0.39, 0.29) is 7.43 Å². The Labute approximate surface area is 82.7 Å². The Bertz CT molecular complexity index is 93.9. The zero-order chi connectivity index (χ0) is 6.81. The van der Waals surface area contributed by atoms with E-state index in [0.29, 0.717) is 0 Å². The van der Waals surface area contributed by atoms with Crippen molar-refractivity contribution in [3.05, 3.63) is 0 Å². The van der Waals surface area contributed by atoms with Gasteiger partial charge < -0.3 is 0 Å². The van der Waals surface area contributed by atoms with Crippen LogP contribution < -0.4 is 0 Å². The van der Waals surface area contributed by atoms with Gasteiger partial charge in [0.2, 0.25) is 0 Å². The SMILES string of the molecule is C.C(CC1CS1)SCC1CS1. The van der Waals surface area contributed by atoms with Gasteiger partial charge in [-0.05, 0) is 12.2 Å². The molecule has 0 aromatic carbocycles. The second kappa shape index (κ2) is 4.93. The molecule has 2 heterocycles. The molecule has 3 heteroatoms. The Morgan fingerprint density at radius 3 is 2.36 bits per heavy atom. The average Bonchev–Trinajstić information content (AvgIpc) is 2.77. The van der Waals surface area contributed by atoms with E-state index in [9.17, 15) is 0 Å². The predicted molar refractivity (Wildman–Crippen MR) is 61.2 cm³/mol. The van der Waals surface area contributed by atoms with Crippen LogP contribution in [0.4, 0.5) is 0 Å². The van der Waals surface area contributed by atoms with E-state index < -0.39 is 0 Å². The van der Waals surface area contributed by atoms with E-state index in [1.165, 1.54) is 29.4 Å². The van der Waals surface area contributed by atoms with Gasteiger partial charge >= 0.3 is 0 Å². The normalized spacial score (nSPS) is 32.7.